The summed E-state index contributed by atoms with van der Waals surface area (Å²) in [5, 5.41) is 11.2. The molecule has 0 saturated carbocycles. The van der Waals surface area contributed by atoms with Crippen molar-refractivity contribution in [1.82, 2.24) is 0 Å². The number of carbonyl (C=O) groups excluding carboxylic acids is 1. The van der Waals surface area contributed by atoms with Crippen LogP contribution in [0.1, 0.15) is 15.9 Å². The third-order valence-electron chi connectivity index (χ3n) is 3.23. The van der Waals surface area contributed by atoms with Gasteiger partial charge in [0, 0.05) is 4.47 Å². The van der Waals surface area contributed by atoms with E-state index in [1.807, 2.05) is 0 Å². The van der Waals surface area contributed by atoms with E-state index in [1.165, 1.54) is 13.2 Å². The first-order valence-corrected chi connectivity index (χ1v) is 7.84. The number of alkyl halides is 2. The molecule has 0 atom stereocenters. The van der Waals surface area contributed by atoms with Gasteiger partial charge in [-0.2, -0.15) is 8.78 Å². The highest BCUT2D eigenvalue weighted by molar-refractivity contribution is 9.10. The van der Waals surface area contributed by atoms with Crippen molar-refractivity contribution in [1.29, 1.82) is 0 Å². The second-order valence-electron chi connectivity index (χ2n) is 4.82. The highest BCUT2D eigenvalue weighted by Gasteiger charge is 2.23. The molecule has 0 N–H and O–H groups in total. The molecule has 0 heterocycles. The SMILES string of the molecule is COc1cc(COC(=O)c2ccccc2Br)c([N+](=O)[O-])cc1OC(F)F. The van der Waals surface area contributed by atoms with Crippen LogP contribution in [-0.4, -0.2) is 24.6 Å². The van der Waals surface area contributed by atoms with Crippen molar-refractivity contribution in [3.05, 3.63) is 62.1 Å². The number of esters is 1. The Labute approximate surface area is 154 Å². The molecule has 26 heavy (non-hydrogen) atoms. The molecule has 0 saturated heterocycles. The lowest BCUT2D eigenvalue weighted by atomic mass is 10.1. The molecule has 0 aliphatic rings. The summed E-state index contributed by atoms with van der Waals surface area (Å²) in [6.45, 7) is -3.63. The van der Waals surface area contributed by atoms with Gasteiger partial charge in [0.2, 0.25) is 0 Å². The first-order valence-electron chi connectivity index (χ1n) is 7.05. The molecular weight excluding hydrogens is 420 g/mol. The van der Waals surface area contributed by atoms with Gasteiger partial charge in [-0.1, -0.05) is 12.1 Å². The predicted molar refractivity (Wildman–Crippen MR) is 89.5 cm³/mol. The minimum absolute atomic E-state index is 0.0335. The smallest absolute Gasteiger partial charge is 0.387 e. The van der Waals surface area contributed by atoms with Gasteiger partial charge >= 0.3 is 12.6 Å². The summed E-state index contributed by atoms with van der Waals surface area (Å²) in [7, 11) is 1.19. The van der Waals surface area contributed by atoms with Crippen molar-refractivity contribution in [2.45, 2.75) is 13.2 Å². The van der Waals surface area contributed by atoms with Crippen molar-refractivity contribution in [2.24, 2.45) is 0 Å². The van der Waals surface area contributed by atoms with Gasteiger partial charge in [0.1, 0.15) is 6.61 Å². The zero-order valence-corrected chi connectivity index (χ0v) is 14.9. The summed E-state index contributed by atoms with van der Waals surface area (Å²) in [5.41, 5.74) is -0.338. The second kappa shape index (κ2) is 8.56. The fraction of sp³-hybridized carbons (Fsp3) is 0.188. The van der Waals surface area contributed by atoms with E-state index in [0.717, 1.165) is 12.1 Å². The zero-order valence-electron chi connectivity index (χ0n) is 13.3. The Morgan fingerprint density at radius 3 is 2.54 bits per heavy atom. The molecular formula is C16H12BrF2NO6. The van der Waals surface area contributed by atoms with Crippen LogP contribution in [0, 0.1) is 10.1 Å². The van der Waals surface area contributed by atoms with Crippen LogP contribution in [0.3, 0.4) is 0 Å². The van der Waals surface area contributed by atoms with Crippen LogP contribution in [-0.2, 0) is 11.3 Å². The van der Waals surface area contributed by atoms with E-state index in [-0.39, 0.29) is 16.9 Å². The van der Waals surface area contributed by atoms with Crippen LogP contribution >= 0.6 is 15.9 Å². The topological polar surface area (TPSA) is 87.9 Å². The van der Waals surface area contributed by atoms with Crippen molar-refractivity contribution < 1.29 is 32.7 Å². The molecule has 0 aliphatic heterocycles. The van der Waals surface area contributed by atoms with Crippen molar-refractivity contribution >= 4 is 27.6 Å². The first-order chi connectivity index (χ1) is 12.3. The lowest BCUT2D eigenvalue weighted by Gasteiger charge is -2.12. The Bertz CT molecular complexity index is 830. The molecule has 0 fully saturated rings. The number of carbonyl (C=O) groups is 1. The first kappa shape index (κ1) is 19.6. The number of nitrogens with zero attached hydrogens (tertiary/aromatic N) is 1. The van der Waals surface area contributed by atoms with Crippen molar-refractivity contribution in [3.8, 4) is 11.5 Å². The maximum absolute atomic E-state index is 12.4. The normalized spacial score (nSPS) is 10.5. The molecule has 0 radical (unpaired) electrons. The number of methoxy groups -OCH3 is 1. The minimum Gasteiger partial charge on any atom is -0.493 e. The monoisotopic (exact) mass is 431 g/mol. The lowest BCUT2D eigenvalue weighted by molar-refractivity contribution is -0.386. The molecule has 138 valence electrons. The standard InChI is InChI=1S/C16H12BrF2NO6/c1-24-13-6-9(12(20(22)23)7-14(13)26-16(18)19)8-25-15(21)10-4-2-3-5-11(10)17/h2-7,16H,8H2,1H3. The molecule has 0 amide bonds. The Kier molecular flexibility index (Phi) is 6.45. The Balaban J connectivity index is 2.29. The summed E-state index contributed by atoms with van der Waals surface area (Å²) in [4.78, 5) is 22.5. The average molecular weight is 432 g/mol. The van der Waals surface area contributed by atoms with E-state index in [4.69, 9.17) is 9.47 Å². The number of hydrogen-bond acceptors (Lipinski definition) is 6. The average Bonchev–Trinajstić information content (AvgIpc) is 2.59. The predicted octanol–water partition coefficient (Wildman–Crippen LogP) is 4.32. The van der Waals surface area contributed by atoms with Gasteiger partial charge in [0.25, 0.3) is 5.69 Å². The summed E-state index contributed by atoms with van der Waals surface area (Å²) in [6, 6.07) is 8.40. The van der Waals surface area contributed by atoms with Crippen LogP contribution in [0.25, 0.3) is 0 Å². The highest BCUT2D eigenvalue weighted by atomic mass is 79.9. The van der Waals surface area contributed by atoms with E-state index in [2.05, 4.69) is 20.7 Å². The van der Waals surface area contributed by atoms with Gasteiger partial charge in [-0.25, -0.2) is 4.79 Å². The van der Waals surface area contributed by atoms with Crippen LogP contribution in [0.15, 0.2) is 40.9 Å². The summed E-state index contributed by atoms with van der Waals surface area (Å²) >= 11 is 3.20. The van der Waals surface area contributed by atoms with Gasteiger partial charge in [-0.3, -0.25) is 10.1 Å². The second-order valence-corrected chi connectivity index (χ2v) is 5.68. The third-order valence-corrected chi connectivity index (χ3v) is 3.92. The number of benzene rings is 2. The molecule has 0 aromatic heterocycles. The zero-order chi connectivity index (χ0) is 19.3. The molecule has 0 unspecified atom stereocenters. The molecule has 0 bridgehead atoms. The van der Waals surface area contributed by atoms with E-state index >= 15 is 0 Å². The Morgan fingerprint density at radius 1 is 1.27 bits per heavy atom. The van der Waals surface area contributed by atoms with E-state index in [9.17, 15) is 23.7 Å². The molecule has 2 aromatic rings. The van der Waals surface area contributed by atoms with Crippen molar-refractivity contribution in [2.75, 3.05) is 7.11 Å². The van der Waals surface area contributed by atoms with Crippen LogP contribution < -0.4 is 9.47 Å². The van der Waals surface area contributed by atoms with Crippen molar-refractivity contribution in [3.63, 3.8) is 0 Å². The highest BCUT2D eigenvalue weighted by Crippen LogP contribution is 2.36. The van der Waals surface area contributed by atoms with Crippen LogP contribution in [0.5, 0.6) is 11.5 Å². The van der Waals surface area contributed by atoms with E-state index < -0.39 is 35.5 Å². The lowest BCUT2D eigenvalue weighted by Crippen LogP contribution is -2.09. The van der Waals surface area contributed by atoms with E-state index in [0.29, 0.717) is 4.47 Å². The molecule has 2 rings (SSSR count). The number of rotatable bonds is 7. The van der Waals surface area contributed by atoms with Gasteiger partial charge in [-0.05, 0) is 34.1 Å². The fourth-order valence-electron chi connectivity index (χ4n) is 2.07. The fourth-order valence-corrected chi connectivity index (χ4v) is 2.52. The Morgan fingerprint density at radius 2 is 1.96 bits per heavy atom. The molecule has 0 aliphatic carbocycles. The Hall–Kier alpha value is -2.75. The molecule has 2 aromatic carbocycles. The molecule has 10 heteroatoms. The number of nitro benzene ring substituents is 1. The summed E-state index contributed by atoms with van der Waals surface area (Å²) < 4.78 is 39.6. The van der Waals surface area contributed by atoms with E-state index in [1.54, 1.807) is 18.2 Å². The number of hydrogen-bond donors (Lipinski definition) is 0. The summed E-state index contributed by atoms with van der Waals surface area (Å²) in [6.07, 6.45) is 0. The van der Waals surface area contributed by atoms with Crippen LogP contribution in [0.2, 0.25) is 0 Å². The molecule has 0 spiro atoms. The minimum atomic E-state index is -3.18. The number of ether oxygens (including phenoxy) is 3. The van der Waals surface area contributed by atoms with Gasteiger partial charge in [-0.15, -0.1) is 0 Å². The van der Waals surface area contributed by atoms with Gasteiger partial charge in [0.15, 0.2) is 11.5 Å². The maximum atomic E-state index is 12.4. The number of nitro groups is 1. The van der Waals surface area contributed by atoms with Crippen LogP contribution in [0.4, 0.5) is 14.5 Å². The summed E-state index contributed by atoms with van der Waals surface area (Å²) in [5.74, 6) is -1.35. The third kappa shape index (κ3) is 4.66. The maximum Gasteiger partial charge on any atom is 0.387 e. The number of halogens is 3. The quantitative estimate of drug-likeness (QED) is 0.368. The van der Waals surface area contributed by atoms with Gasteiger partial charge in [0.05, 0.1) is 29.2 Å². The largest absolute Gasteiger partial charge is 0.493 e. The van der Waals surface area contributed by atoms with Gasteiger partial charge < -0.3 is 14.2 Å². The molecule has 7 nitrogen and oxygen atoms in total.